The quantitative estimate of drug-likeness (QED) is 0.380. The highest BCUT2D eigenvalue weighted by molar-refractivity contribution is 5.89. The molecule has 0 saturated carbocycles. The standard InChI is InChI=1S/C29H29N5O4/c1-33-12-10-20(11-13-33)19-38-25-16-30-28(31-17-25)23-6-2-4-21(14-23)18-34-27(35)9-8-26(32-34)22-5-3-7-24(15-22)29(36)37/h2-9,14-17,20H,10-13,18-19H2,1H3,(H,36,37). The first-order chi connectivity index (χ1) is 18.4. The minimum Gasteiger partial charge on any atom is -0.490 e. The van der Waals surface area contributed by atoms with E-state index in [1.165, 1.54) is 16.8 Å². The van der Waals surface area contributed by atoms with Crippen molar-refractivity contribution < 1.29 is 14.6 Å². The minimum absolute atomic E-state index is 0.160. The number of carboxylic acids is 1. The van der Waals surface area contributed by atoms with Crippen molar-refractivity contribution in [2.24, 2.45) is 5.92 Å². The molecule has 0 amide bonds. The number of nitrogens with zero attached hydrogens (tertiary/aromatic N) is 5. The third-order valence-corrected chi connectivity index (χ3v) is 6.74. The van der Waals surface area contributed by atoms with Crippen LogP contribution in [0.1, 0.15) is 28.8 Å². The van der Waals surface area contributed by atoms with Crippen LogP contribution >= 0.6 is 0 Å². The maximum Gasteiger partial charge on any atom is 0.335 e. The number of aromatic carboxylic acids is 1. The zero-order valence-corrected chi connectivity index (χ0v) is 21.2. The van der Waals surface area contributed by atoms with Crippen LogP contribution in [0.15, 0.2) is 77.9 Å². The Hall–Kier alpha value is -4.37. The molecule has 1 aliphatic rings. The van der Waals surface area contributed by atoms with E-state index in [1.807, 2.05) is 24.3 Å². The van der Waals surface area contributed by atoms with Gasteiger partial charge in [-0.1, -0.05) is 30.3 Å². The van der Waals surface area contributed by atoms with Gasteiger partial charge in [-0.2, -0.15) is 5.10 Å². The molecule has 1 aliphatic heterocycles. The van der Waals surface area contributed by atoms with Crippen LogP contribution < -0.4 is 10.3 Å². The van der Waals surface area contributed by atoms with Gasteiger partial charge in [-0.05, 0) is 68.7 Å². The number of rotatable bonds is 8. The lowest BCUT2D eigenvalue weighted by Gasteiger charge is -2.28. The van der Waals surface area contributed by atoms with Crippen LogP contribution in [0.3, 0.4) is 0 Å². The molecule has 38 heavy (non-hydrogen) atoms. The summed E-state index contributed by atoms with van der Waals surface area (Å²) in [5, 5.41) is 13.8. The molecule has 0 unspecified atom stereocenters. The largest absolute Gasteiger partial charge is 0.490 e. The van der Waals surface area contributed by atoms with Crippen LogP contribution in [0.25, 0.3) is 22.6 Å². The lowest BCUT2D eigenvalue weighted by molar-refractivity contribution is 0.0697. The lowest BCUT2D eigenvalue weighted by Crippen LogP contribution is -2.32. The van der Waals surface area contributed by atoms with Gasteiger partial charge in [0.2, 0.25) is 0 Å². The SMILES string of the molecule is CN1CCC(COc2cnc(-c3cccc(Cn4nc(-c5cccc(C(=O)O)c5)ccc4=O)c3)nc2)CC1. The Balaban J connectivity index is 1.28. The van der Waals surface area contributed by atoms with Gasteiger partial charge in [-0.25, -0.2) is 19.4 Å². The smallest absolute Gasteiger partial charge is 0.335 e. The fourth-order valence-corrected chi connectivity index (χ4v) is 4.49. The molecule has 3 heterocycles. The van der Waals surface area contributed by atoms with Crippen molar-refractivity contribution in [1.82, 2.24) is 24.6 Å². The van der Waals surface area contributed by atoms with Crippen molar-refractivity contribution in [3.05, 3.63) is 94.5 Å². The number of carboxylic acid groups (broad SMARTS) is 1. The van der Waals surface area contributed by atoms with E-state index >= 15 is 0 Å². The average Bonchev–Trinajstić information content (AvgIpc) is 2.94. The van der Waals surface area contributed by atoms with Crippen molar-refractivity contribution in [2.45, 2.75) is 19.4 Å². The molecule has 0 atom stereocenters. The Morgan fingerprint density at radius 3 is 2.50 bits per heavy atom. The summed E-state index contributed by atoms with van der Waals surface area (Å²) in [6.07, 6.45) is 5.67. The van der Waals surface area contributed by atoms with Crippen LogP contribution in [0.2, 0.25) is 0 Å². The molecule has 1 fully saturated rings. The molecular weight excluding hydrogens is 482 g/mol. The number of carbonyl (C=O) groups is 1. The monoisotopic (exact) mass is 511 g/mol. The van der Waals surface area contributed by atoms with Crippen molar-refractivity contribution in [1.29, 1.82) is 0 Å². The predicted molar refractivity (Wildman–Crippen MR) is 143 cm³/mol. The summed E-state index contributed by atoms with van der Waals surface area (Å²) in [6, 6.07) is 17.2. The summed E-state index contributed by atoms with van der Waals surface area (Å²) in [6.45, 7) is 3.12. The summed E-state index contributed by atoms with van der Waals surface area (Å²) in [7, 11) is 2.15. The zero-order chi connectivity index (χ0) is 26.5. The van der Waals surface area contributed by atoms with Gasteiger partial charge >= 0.3 is 5.97 Å². The normalized spacial score (nSPS) is 14.3. The second-order valence-electron chi connectivity index (χ2n) is 9.60. The van der Waals surface area contributed by atoms with E-state index in [1.54, 1.807) is 36.7 Å². The second kappa shape index (κ2) is 11.4. The Morgan fingerprint density at radius 2 is 1.74 bits per heavy atom. The van der Waals surface area contributed by atoms with Crippen LogP contribution in [-0.4, -0.2) is 62.5 Å². The van der Waals surface area contributed by atoms with Crippen molar-refractivity contribution in [3.63, 3.8) is 0 Å². The van der Waals surface area contributed by atoms with Gasteiger partial charge in [-0.15, -0.1) is 0 Å². The van der Waals surface area contributed by atoms with E-state index in [0.29, 0.717) is 35.4 Å². The highest BCUT2D eigenvalue weighted by atomic mass is 16.5. The first kappa shape index (κ1) is 25.3. The molecular formula is C29H29N5O4. The minimum atomic E-state index is -1.02. The third-order valence-electron chi connectivity index (χ3n) is 6.74. The number of ether oxygens (including phenoxy) is 1. The number of benzene rings is 2. The fraction of sp³-hybridized carbons (Fsp3) is 0.276. The molecule has 1 saturated heterocycles. The van der Waals surface area contributed by atoms with Crippen LogP contribution in [0.5, 0.6) is 5.75 Å². The van der Waals surface area contributed by atoms with E-state index < -0.39 is 5.97 Å². The lowest BCUT2D eigenvalue weighted by atomic mass is 9.98. The molecule has 0 radical (unpaired) electrons. The molecule has 194 valence electrons. The summed E-state index contributed by atoms with van der Waals surface area (Å²) >= 11 is 0. The van der Waals surface area contributed by atoms with E-state index in [4.69, 9.17) is 4.74 Å². The maximum absolute atomic E-state index is 12.5. The topological polar surface area (TPSA) is 110 Å². The molecule has 0 spiro atoms. The summed E-state index contributed by atoms with van der Waals surface area (Å²) in [4.78, 5) is 35.2. The first-order valence-corrected chi connectivity index (χ1v) is 12.6. The summed E-state index contributed by atoms with van der Waals surface area (Å²) in [5.41, 5.74) is 2.73. The third kappa shape index (κ3) is 6.12. The van der Waals surface area contributed by atoms with Gasteiger partial charge in [0.1, 0.15) is 0 Å². The van der Waals surface area contributed by atoms with Crippen LogP contribution in [-0.2, 0) is 6.54 Å². The molecule has 9 heteroatoms. The Bertz CT molecular complexity index is 1480. The number of aromatic nitrogens is 4. The number of likely N-dealkylation sites (tertiary alicyclic amines) is 1. The highest BCUT2D eigenvalue weighted by Gasteiger charge is 2.17. The van der Waals surface area contributed by atoms with Gasteiger partial charge in [0.25, 0.3) is 5.56 Å². The molecule has 2 aromatic carbocycles. The molecule has 0 bridgehead atoms. The second-order valence-corrected chi connectivity index (χ2v) is 9.60. The zero-order valence-electron chi connectivity index (χ0n) is 21.2. The predicted octanol–water partition coefficient (Wildman–Crippen LogP) is 3.83. The van der Waals surface area contributed by atoms with Gasteiger partial charge in [-0.3, -0.25) is 4.79 Å². The van der Waals surface area contributed by atoms with E-state index in [0.717, 1.165) is 37.1 Å². The van der Waals surface area contributed by atoms with Crippen LogP contribution in [0.4, 0.5) is 0 Å². The van der Waals surface area contributed by atoms with Crippen LogP contribution in [0, 0.1) is 5.92 Å². The van der Waals surface area contributed by atoms with E-state index in [2.05, 4.69) is 27.0 Å². The Labute approximate surface area is 220 Å². The molecule has 2 aromatic heterocycles. The fourth-order valence-electron chi connectivity index (χ4n) is 4.49. The van der Waals surface area contributed by atoms with Gasteiger partial charge < -0.3 is 14.7 Å². The van der Waals surface area contributed by atoms with Crippen molar-refractivity contribution in [2.75, 3.05) is 26.7 Å². The molecule has 4 aromatic rings. The van der Waals surface area contributed by atoms with Gasteiger partial charge in [0.15, 0.2) is 11.6 Å². The molecule has 9 nitrogen and oxygen atoms in total. The first-order valence-electron chi connectivity index (χ1n) is 12.6. The number of hydrogen-bond acceptors (Lipinski definition) is 7. The number of hydrogen-bond donors (Lipinski definition) is 1. The number of piperidine rings is 1. The highest BCUT2D eigenvalue weighted by Crippen LogP contribution is 2.21. The molecule has 5 rings (SSSR count). The van der Waals surface area contributed by atoms with Gasteiger partial charge in [0, 0.05) is 17.2 Å². The Morgan fingerprint density at radius 1 is 1.00 bits per heavy atom. The van der Waals surface area contributed by atoms with Gasteiger partial charge in [0.05, 0.1) is 36.8 Å². The van der Waals surface area contributed by atoms with E-state index in [9.17, 15) is 14.7 Å². The summed E-state index contributed by atoms with van der Waals surface area (Å²) < 4.78 is 7.30. The maximum atomic E-state index is 12.5. The molecule has 0 aliphatic carbocycles. The summed E-state index contributed by atoms with van der Waals surface area (Å²) in [5.74, 6) is 0.761. The average molecular weight is 512 g/mol. The molecule has 1 N–H and O–H groups in total. The van der Waals surface area contributed by atoms with E-state index in [-0.39, 0.29) is 17.7 Å². The van der Waals surface area contributed by atoms with Crippen molar-refractivity contribution >= 4 is 5.97 Å². The Kier molecular flexibility index (Phi) is 7.55. The van der Waals surface area contributed by atoms with Crippen molar-refractivity contribution in [3.8, 4) is 28.4 Å².